The van der Waals surface area contributed by atoms with E-state index in [0.717, 1.165) is 25.9 Å². The van der Waals surface area contributed by atoms with Gasteiger partial charge < -0.3 is 15.6 Å². The lowest BCUT2D eigenvalue weighted by molar-refractivity contribution is 0.0775. The number of amides is 1. The summed E-state index contributed by atoms with van der Waals surface area (Å²) < 4.78 is 13.7. The first-order valence-corrected chi connectivity index (χ1v) is 7.45. The third kappa shape index (κ3) is 1.95. The van der Waals surface area contributed by atoms with Crippen LogP contribution in [0.15, 0.2) is 24.3 Å². The van der Waals surface area contributed by atoms with Crippen molar-refractivity contribution in [3.8, 4) is 0 Å². The van der Waals surface area contributed by atoms with Gasteiger partial charge in [0.1, 0.15) is 11.5 Å². The fourth-order valence-electron chi connectivity index (χ4n) is 3.88. The normalized spacial score (nSPS) is 28.3. The molecule has 1 aliphatic carbocycles. The van der Waals surface area contributed by atoms with Gasteiger partial charge in [-0.2, -0.15) is 0 Å². The second kappa shape index (κ2) is 4.56. The summed E-state index contributed by atoms with van der Waals surface area (Å²) in [7, 11) is 0. The van der Waals surface area contributed by atoms with Crippen molar-refractivity contribution in [3.05, 3.63) is 35.8 Å². The Balaban J connectivity index is 1.61. The Morgan fingerprint density at radius 1 is 1.33 bits per heavy atom. The number of nitrogens with one attached hydrogen (secondary N) is 1. The molecule has 21 heavy (non-hydrogen) atoms. The lowest BCUT2D eigenvalue weighted by Crippen LogP contribution is -2.33. The third-order valence-corrected chi connectivity index (χ3v) is 5.04. The molecule has 1 saturated carbocycles. The highest BCUT2D eigenvalue weighted by Gasteiger charge is 2.42. The molecular formula is C16H18FN3O. The number of fused-ring (bicyclic) bond motifs is 2. The largest absolute Gasteiger partial charge is 0.350 e. The lowest BCUT2D eigenvalue weighted by atomic mass is 9.98. The van der Waals surface area contributed by atoms with E-state index in [1.54, 1.807) is 18.2 Å². The van der Waals surface area contributed by atoms with Gasteiger partial charge >= 0.3 is 0 Å². The van der Waals surface area contributed by atoms with Crippen molar-refractivity contribution >= 4 is 16.8 Å². The molecule has 2 aromatic rings. The van der Waals surface area contributed by atoms with Gasteiger partial charge in [0.15, 0.2) is 0 Å². The maximum Gasteiger partial charge on any atom is 0.270 e. The molecule has 0 spiro atoms. The summed E-state index contributed by atoms with van der Waals surface area (Å²) in [6, 6.07) is 6.66. The molecule has 2 aliphatic rings. The first-order chi connectivity index (χ1) is 10.1. The lowest BCUT2D eigenvalue weighted by Gasteiger charge is -2.17. The molecule has 1 aliphatic heterocycles. The number of H-pyrrole nitrogens is 1. The van der Waals surface area contributed by atoms with Gasteiger partial charge in [0.2, 0.25) is 0 Å². The number of carbonyl (C=O) groups is 1. The Morgan fingerprint density at radius 2 is 2.19 bits per heavy atom. The molecule has 0 bridgehead atoms. The molecule has 1 amide bonds. The SMILES string of the molecule is NC1CCC2CN(C(=O)c3cc4c(F)cccc4[nH]3)CC12. The van der Waals surface area contributed by atoms with Crippen LogP contribution in [0.25, 0.3) is 10.9 Å². The molecule has 2 heterocycles. The van der Waals surface area contributed by atoms with Crippen molar-refractivity contribution in [3.63, 3.8) is 0 Å². The fraction of sp³-hybridized carbons (Fsp3) is 0.438. The van der Waals surface area contributed by atoms with Gasteiger partial charge in [-0.3, -0.25) is 4.79 Å². The Morgan fingerprint density at radius 3 is 2.95 bits per heavy atom. The number of aromatic amines is 1. The van der Waals surface area contributed by atoms with Crippen molar-refractivity contribution in [1.82, 2.24) is 9.88 Å². The van der Waals surface area contributed by atoms with Crippen LogP contribution in [-0.2, 0) is 0 Å². The molecule has 4 nitrogen and oxygen atoms in total. The number of carbonyl (C=O) groups excluding carboxylic acids is 1. The van der Waals surface area contributed by atoms with Gasteiger partial charge in [0.25, 0.3) is 5.91 Å². The van der Waals surface area contributed by atoms with Crippen LogP contribution in [0.1, 0.15) is 23.3 Å². The highest BCUT2D eigenvalue weighted by Crippen LogP contribution is 2.37. The molecule has 4 rings (SSSR count). The van der Waals surface area contributed by atoms with Crippen molar-refractivity contribution in [2.75, 3.05) is 13.1 Å². The quantitative estimate of drug-likeness (QED) is 0.844. The number of hydrogen-bond donors (Lipinski definition) is 2. The van der Waals surface area contributed by atoms with Crippen LogP contribution < -0.4 is 5.73 Å². The van der Waals surface area contributed by atoms with E-state index in [4.69, 9.17) is 5.73 Å². The summed E-state index contributed by atoms with van der Waals surface area (Å²) in [5, 5.41) is 0.469. The van der Waals surface area contributed by atoms with Gasteiger partial charge in [0, 0.05) is 30.0 Å². The molecule has 3 N–H and O–H groups in total. The molecule has 2 fully saturated rings. The van der Waals surface area contributed by atoms with E-state index in [1.807, 2.05) is 4.90 Å². The summed E-state index contributed by atoms with van der Waals surface area (Å²) in [4.78, 5) is 17.5. The smallest absolute Gasteiger partial charge is 0.270 e. The van der Waals surface area contributed by atoms with E-state index in [9.17, 15) is 9.18 Å². The standard InChI is InChI=1S/C16H18FN3O/c17-12-2-1-3-14-10(12)6-15(19-14)16(21)20-7-9-4-5-13(18)11(9)8-20/h1-3,6,9,11,13,19H,4-5,7-8,18H2. The Labute approximate surface area is 122 Å². The van der Waals surface area contributed by atoms with E-state index >= 15 is 0 Å². The monoisotopic (exact) mass is 287 g/mol. The zero-order valence-corrected chi connectivity index (χ0v) is 11.7. The highest BCUT2D eigenvalue weighted by molar-refractivity contribution is 5.98. The molecule has 5 heteroatoms. The second-order valence-corrected chi connectivity index (χ2v) is 6.26. The van der Waals surface area contributed by atoms with Gasteiger partial charge in [-0.15, -0.1) is 0 Å². The van der Waals surface area contributed by atoms with E-state index in [2.05, 4.69) is 4.98 Å². The number of hydrogen-bond acceptors (Lipinski definition) is 2. The number of nitrogens with two attached hydrogens (primary N) is 1. The minimum atomic E-state index is -0.303. The summed E-state index contributed by atoms with van der Waals surface area (Å²) in [5.41, 5.74) is 7.23. The summed E-state index contributed by atoms with van der Waals surface area (Å²) in [5.74, 6) is 0.607. The maximum atomic E-state index is 13.7. The van der Waals surface area contributed by atoms with Crippen molar-refractivity contribution in [2.45, 2.75) is 18.9 Å². The summed E-state index contributed by atoms with van der Waals surface area (Å²) in [6.45, 7) is 1.50. The van der Waals surface area contributed by atoms with Gasteiger partial charge in [0.05, 0.1) is 0 Å². The number of aromatic nitrogens is 1. The van der Waals surface area contributed by atoms with E-state index in [1.165, 1.54) is 6.07 Å². The number of halogens is 1. The predicted octanol–water partition coefficient (Wildman–Crippen LogP) is 2.12. The maximum absolute atomic E-state index is 13.7. The molecule has 1 saturated heterocycles. The number of rotatable bonds is 1. The Kier molecular flexibility index (Phi) is 2.79. The minimum Gasteiger partial charge on any atom is -0.350 e. The summed E-state index contributed by atoms with van der Waals surface area (Å²) >= 11 is 0. The van der Waals surface area contributed by atoms with Gasteiger partial charge in [-0.1, -0.05) is 6.07 Å². The number of benzene rings is 1. The topological polar surface area (TPSA) is 62.1 Å². The second-order valence-electron chi connectivity index (χ2n) is 6.26. The van der Waals surface area contributed by atoms with E-state index < -0.39 is 0 Å². The van der Waals surface area contributed by atoms with Gasteiger partial charge in [-0.05, 0) is 42.9 Å². The zero-order chi connectivity index (χ0) is 14.6. The predicted molar refractivity (Wildman–Crippen MR) is 78.3 cm³/mol. The average molecular weight is 287 g/mol. The summed E-state index contributed by atoms with van der Waals surface area (Å²) in [6.07, 6.45) is 2.17. The van der Waals surface area contributed by atoms with Crippen LogP contribution in [0, 0.1) is 17.7 Å². The third-order valence-electron chi connectivity index (χ3n) is 5.04. The van der Waals surface area contributed by atoms with Crippen LogP contribution in [0.2, 0.25) is 0 Å². The van der Waals surface area contributed by atoms with Crippen molar-refractivity contribution < 1.29 is 9.18 Å². The first-order valence-electron chi connectivity index (χ1n) is 7.45. The molecule has 1 aromatic carbocycles. The average Bonchev–Trinajstić information content (AvgIpc) is 3.14. The Bertz CT molecular complexity index is 711. The molecule has 3 unspecified atom stereocenters. The first kappa shape index (κ1) is 12.8. The highest BCUT2D eigenvalue weighted by atomic mass is 19.1. The van der Waals surface area contributed by atoms with Crippen molar-refractivity contribution in [1.29, 1.82) is 0 Å². The number of likely N-dealkylation sites (tertiary alicyclic amines) is 1. The van der Waals surface area contributed by atoms with Crippen LogP contribution in [0.3, 0.4) is 0 Å². The zero-order valence-electron chi connectivity index (χ0n) is 11.7. The number of nitrogens with zero attached hydrogens (tertiary/aromatic N) is 1. The fourth-order valence-corrected chi connectivity index (χ4v) is 3.88. The van der Waals surface area contributed by atoms with Gasteiger partial charge in [-0.25, -0.2) is 4.39 Å². The molecule has 110 valence electrons. The van der Waals surface area contributed by atoms with E-state index in [-0.39, 0.29) is 17.8 Å². The molecule has 1 aromatic heterocycles. The Hall–Kier alpha value is -1.88. The minimum absolute atomic E-state index is 0.0489. The van der Waals surface area contributed by atoms with Crippen LogP contribution in [0.4, 0.5) is 4.39 Å². The molecular weight excluding hydrogens is 269 g/mol. The molecule has 0 radical (unpaired) electrons. The van der Waals surface area contributed by atoms with E-state index in [0.29, 0.717) is 28.4 Å². The van der Waals surface area contributed by atoms with Crippen LogP contribution in [-0.4, -0.2) is 34.9 Å². The van der Waals surface area contributed by atoms with Crippen LogP contribution in [0.5, 0.6) is 0 Å². The molecule has 3 atom stereocenters. The van der Waals surface area contributed by atoms with Crippen LogP contribution >= 0.6 is 0 Å². The van der Waals surface area contributed by atoms with Crippen molar-refractivity contribution in [2.24, 2.45) is 17.6 Å².